The lowest BCUT2D eigenvalue weighted by atomic mass is 10.1. The van der Waals surface area contributed by atoms with Gasteiger partial charge in [0.15, 0.2) is 0 Å². The van der Waals surface area contributed by atoms with E-state index in [4.69, 9.17) is 9.72 Å². The Morgan fingerprint density at radius 3 is 2.75 bits per heavy atom. The van der Waals surface area contributed by atoms with Crippen molar-refractivity contribution in [1.82, 2.24) is 19.4 Å². The second-order valence-electron chi connectivity index (χ2n) is 6.74. The molecule has 0 spiro atoms. The molecule has 2 aliphatic heterocycles. The van der Waals surface area contributed by atoms with Crippen LogP contribution in [-0.2, 0) is 16.1 Å². The normalized spacial score (nSPS) is 22.6. The fourth-order valence-electron chi connectivity index (χ4n) is 3.74. The minimum absolute atomic E-state index is 0.194. The van der Waals surface area contributed by atoms with Gasteiger partial charge in [-0.2, -0.15) is 0 Å². The van der Waals surface area contributed by atoms with Crippen molar-refractivity contribution < 1.29 is 9.53 Å². The number of aromatic nitrogens is 2. The van der Waals surface area contributed by atoms with E-state index in [-0.39, 0.29) is 11.8 Å². The molecule has 24 heavy (non-hydrogen) atoms. The predicted octanol–water partition coefficient (Wildman–Crippen LogP) is 1.31. The summed E-state index contributed by atoms with van der Waals surface area (Å²) in [5.41, 5.74) is 2.19. The van der Waals surface area contributed by atoms with E-state index in [1.54, 1.807) is 0 Å². The number of ether oxygens (including phenoxy) is 1. The van der Waals surface area contributed by atoms with Crippen molar-refractivity contribution in [1.29, 1.82) is 0 Å². The van der Waals surface area contributed by atoms with E-state index in [0.717, 1.165) is 57.3 Å². The maximum absolute atomic E-state index is 12.0. The van der Waals surface area contributed by atoms with Crippen LogP contribution in [0.2, 0.25) is 0 Å². The number of benzene rings is 1. The Bertz CT molecular complexity index is 736. The molecule has 2 aliphatic rings. The number of morpholine rings is 1. The summed E-state index contributed by atoms with van der Waals surface area (Å²) in [6, 6.07) is 8.28. The van der Waals surface area contributed by atoms with Crippen molar-refractivity contribution in [2.75, 3.05) is 46.4 Å². The summed E-state index contributed by atoms with van der Waals surface area (Å²) in [6.07, 6.45) is 0.567. The lowest BCUT2D eigenvalue weighted by Crippen LogP contribution is -2.38. The summed E-state index contributed by atoms with van der Waals surface area (Å²) in [5.74, 6) is 1.47. The van der Waals surface area contributed by atoms with Crippen LogP contribution < -0.4 is 0 Å². The molecule has 1 unspecified atom stereocenters. The van der Waals surface area contributed by atoms with Crippen molar-refractivity contribution in [3.63, 3.8) is 0 Å². The minimum Gasteiger partial charge on any atom is -0.379 e. The highest BCUT2D eigenvalue weighted by molar-refractivity contribution is 5.80. The maximum atomic E-state index is 12.0. The molecule has 6 heteroatoms. The zero-order valence-electron chi connectivity index (χ0n) is 14.1. The SMILES string of the molecule is CN1CC(c2nc3ccccc3n2CCN2CCOCC2)CC1=O. The number of carbonyl (C=O) groups is 1. The topological polar surface area (TPSA) is 50.6 Å². The minimum atomic E-state index is 0.194. The second kappa shape index (κ2) is 6.53. The van der Waals surface area contributed by atoms with E-state index in [9.17, 15) is 4.79 Å². The van der Waals surface area contributed by atoms with Crippen molar-refractivity contribution in [3.05, 3.63) is 30.1 Å². The van der Waals surface area contributed by atoms with Crippen molar-refractivity contribution in [3.8, 4) is 0 Å². The van der Waals surface area contributed by atoms with Gasteiger partial charge < -0.3 is 14.2 Å². The summed E-state index contributed by atoms with van der Waals surface area (Å²) >= 11 is 0. The first-order valence-electron chi connectivity index (χ1n) is 8.71. The van der Waals surface area contributed by atoms with E-state index < -0.39 is 0 Å². The molecule has 1 aromatic heterocycles. The van der Waals surface area contributed by atoms with Crippen LogP contribution in [0.4, 0.5) is 0 Å². The highest BCUT2D eigenvalue weighted by atomic mass is 16.5. The summed E-state index contributed by atoms with van der Waals surface area (Å²) < 4.78 is 7.75. The monoisotopic (exact) mass is 328 g/mol. The number of rotatable bonds is 4. The molecule has 1 atom stereocenters. The molecule has 3 heterocycles. The number of likely N-dealkylation sites (tertiary alicyclic amines) is 1. The molecule has 0 bridgehead atoms. The third-order valence-electron chi connectivity index (χ3n) is 5.13. The van der Waals surface area contributed by atoms with Crippen LogP contribution in [0.15, 0.2) is 24.3 Å². The summed E-state index contributed by atoms with van der Waals surface area (Å²) in [5, 5.41) is 0. The van der Waals surface area contributed by atoms with Crippen LogP contribution in [-0.4, -0.2) is 71.7 Å². The Morgan fingerprint density at radius 1 is 1.21 bits per heavy atom. The standard InChI is InChI=1S/C18H24N4O2/c1-20-13-14(12-17(20)23)18-19-15-4-2-3-5-16(15)22(18)7-6-21-8-10-24-11-9-21/h2-5,14H,6-13H2,1H3. The first-order valence-corrected chi connectivity index (χ1v) is 8.71. The number of hydrogen-bond donors (Lipinski definition) is 0. The third kappa shape index (κ3) is 2.91. The van der Waals surface area contributed by atoms with E-state index >= 15 is 0 Å². The van der Waals surface area contributed by atoms with E-state index in [0.29, 0.717) is 6.42 Å². The van der Waals surface area contributed by atoms with Crippen LogP contribution in [0.25, 0.3) is 11.0 Å². The van der Waals surface area contributed by atoms with Gasteiger partial charge in [0.2, 0.25) is 5.91 Å². The fourth-order valence-corrected chi connectivity index (χ4v) is 3.74. The molecule has 4 rings (SSSR count). The van der Waals surface area contributed by atoms with Gasteiger partial charge in [0.25, 0.3) is 0 Å². The number of amides is 1. The highest BCUT2D eigenvalue weighted by Gasteiger charge is 2.31. The van der Waals surface area contributed by atoms with E-state index in [1.807, 2.05) is 18.0 Å². The number of hydrogen-bond acceptors (Lipinski definition) is 4. The molecule has 0 N–H and O–H groups in total. The average molecular weight is 328 g/mol. The first-order chi connectivity index (χ1) is 11.7. The number of para-hydroxylation sites is 2. The van der Waals surface area contributed by atoms with Gasteiger partial charge in [-0.25, -0.2) is 4.98 Å². The molecule has 6 nitrogen and oxygen atoms in total. The Kier molecular flexibility index (Phi) is 4.24. The van der Waals surface area contributed by atoms with Gasteiger partial charge in [0, 0.05) is 52.1 Å². The van der Waals surface area contributed by atoms with Gasteiger partial charge >= 0.3 is 0 Å². The number of nitrogens with zero attached hydrogens (tertiary/aromatic N) is 4. The lowest BCUT2D eigenvalue weighted by molar-refractivity contribution is -0.126. The molecule has 2 saturated heterocycles. The van der Waals surface area contributed by atoms with Gasteiger partial charge in [-0.1, -0.05) is 12.1 Å². The van der Waals surface area contributed by atoms with Crippen LogP contribution in [0, 0.1) is 0 Å². The molecule has 2 fully saturated rings. The smallest absolute Gasteiger partial charge is 0.223 e. The largest absolute Gasteiger partial charge is 0.379 e. The quantitative estimate of drug-likeness (QED) is 0.849. The van der Waals surface area contributed by atoms with Crippen LogP contribution in [0.1, 0.15) is 18.2 Å². The molecular weight excluding hydrogens is 304 g/mol. The molecule has 2 aromatic rings. The lowest BCUT2D eigenvalue weighted by Gasteiger charge is -2.27. The summed E-state index contributed by atoms with van der Waals surface area (Å²) in [7, 11) is 1.88. The zero-order valence-corrected chi connectivity index (χ0v) is 14.1. The van der Waals surface area contributed by atoms with Crippen LogP contribution in [0.5, 0.6) is 0 Å². The average Bonchev–Trinajstić information content (AvgIpc) is 3.14. The zero-order chi connectivity index (χ0) is 16.5. The highest BCUT2D eigenvalue weighted by Crippen LogP contribution is 2.29. The first kappa shape index (κ1) is 15.6. The van der Waals surface area contributed by atoms with E-state index in [2.05, 4.69) is 27.7 Å². The van der Waals surface area contributed by atoms with Gasteiger partial charge in [-0.3, -0.25) is 9.69 Å². The van der Waals surface area contributed by atoms with Crippen LogP contribution in [0.3, 0.4) is 0 Å². The molecular formula is C18H24N4O2. The van der Waals surface area contributed by atoms with Gasteiger partial charge in [-0.05, 0) is 12.1 Å². The summed E-state index contributed by atoms with van der Waals surface area (Å²) in [6.45, 7) is 6.29. The van der Waals surface area contributed by atoms with Gasteiger partial charge in [0.1, 0.15) is 5.82 Å². The van der Waals surface area contributed by atoms with E-state index in [1.165, 1.54) is 5.52 Å². The molecule has 0 radical (unpaired) electrons. The number of carbonyl (C=O) groups excluding carboxylic acids is 1. The van der Waals surface area contributed by atoms with Crippen LogP contribution >= 0.6 is 0 Å². The fraction of sp³-hybridized carbons (Fsp3) is 0.556. The van der Waals surface area contributed by atoms with Gasteiger partial charge in [0.05, 0.1) is 24.2 Å². The summed E-state index contributed by atoms with van der Waals surface area (Å²) in [4.78, 5) is 21.1. The molecule has 0 saturated carbocycles. The van der Waals surface area contributed by atoms with Crippen molar-refractivity contribution >= 4 is 16.9 Å². The second-order valence-corrected chi connectivity index (χ2v) is 6.74. The number of imidazole rings is 1. The Balaban J connectivity index is 1.61. The van der Waals surface area contributed by atoms with Crippen molar-refractivity contribution in [2.45, 2.75) is 18.9 Å². The molecule has 0 aliphatic carbocycles. The molecule has 1 aromatic carbocycles. The number of fused-ring (bicyclic) bond motifs is 1. The Hall–Kier alpha value is -1.92. The predicted molar refractivity (Wildman–Crippen MR) is 92.0 cm³/mol. The molecule has 1 amide bonds. The molecule has 128 valence electrons. The van der Waals surface area contributed by atoms with Gasteiger partial charge in [-0.15, -0.1) is 0 Å². The van der Waals surface area contributed by atoms with Crippen molar-refractivity contribution in [2.24, 2.45) is 0 Å². The number of likely N-dealkylation sites (N-methyl/N-ethyl adjacent to an activating group) is 1. The Morgan fingerprint density at radius 2 is 2.00 bits per heavy atom. The Labute approximate surface area is 142 Å². The third-order valence-corrected chi connectivity index (χ3v) is 5.13. The maximum Gasteiger partial charge on any atom is 0.223 e.